The highest BCUT2D eigenvalue weighted by atomic mass is 16.5. The molecular formula is C28H34O8. The molecule has 8 heteroatoms. The van der Waals surface area contributed by atoms with E-state index in [2.05, 4.69) is 0 Å². The number of rotatable bonds is 6. The van der Waals surface area contributed by atoms with E-state index >= 15 is 0 Å². The lowest BCUT2D eigenvalue weighted by atomic mass is 9.61. The number of fused-ring (bicyclic) bond motifs is 1. The molecule has 194 valence electrons. The summed E-state index contributed by atoms with van der Waals surface area (Å²) in [6, 6.07) is 0. The van der Waals surface area contributed by atoms with Crippen molar-refractivity contribution in [1.29, 1.82) is 0 Å². The van der Waals surface area contributed by atoms with E-state index in [1.165, 1.54) is 13.8 Å². The van der Waals surface area contributed by atoms with Crippen LogP contribution in [0.15, 0.2) is 6.08 Å². The Morgan fingerprint density at radius 1 is 0.944 bits per heavy atom. The van der Waals surface area contributed by atoms with E-state index in [1.807, 2.05) is 0 Å². The number of ketones is 5. The average molecular weight is 499 g/mol. The molecule has 0 unspecified atom stereocenters. The van der Waals surface area contributed by atoms with Crippen molar-refractivity contribution in [2.24, 2.45) is 29.1 Å². The van der Waals surface area contributed by atoms with Crippen molar-refractivity contribution in [3.63, 3.8) is 0 Å². The van der Waals surface area contributed by atoms with Crippen LogP contribution in [-0.2, 0) is 25.6 Å². The summed E-state index contributed by atoms with van der Waals surface area (Å²) in [4.78, 5) is 65.6. The van der Waals surface area contributed by atoms with Crippen LogP contribution in [0, 0.1) is 29.1 Å². The Morgan fingerprint density at radius 3 is 2.06 bits per heavy atom. The van der Waals surface area contributed by atoms with Crippen molar-refractivity contribution < 1.29 is 38.9 Å². The average Bonchev–Trinajstić information content (AvgIpc) is 2.76. The Labute approximate surface area is 210 Å². The van der Waals surface area contributed by atoms with E-state index in [-0.39, 0.29) is 22.4 Å². The second-order valence-electron chi connectivity index (χ2n) is 11.4. The first-order chi connectivity index (χ1) is 16.4. The van der Waals surface area contributed by atoms with Gasteiger partial charge >= 0.3 is 0 Å². The molecule has 2 N–H and O–H groups in total. The van der Waals surface area contributed by atoms with Gasteiger partial charge in [0.25, 0.3) is 0 Å². The fourth-order valence-electron chi connectivity index (χ4n) is 4.71. The fourth-order valence-corrected chi connectivity index (χ4v) is 4.71. The monoisotopic (exact) mass is 498 g/mol. The van der Waals surface area contributed by atoms with Crippen LogP contribution >= 0.6 is 0 Å². The quantitative estimate of drug-likeness (QED) is 0.446. The number of hydrogen-bond acceptors (Lipinski definition) is 8. The maximum atomic E-state index is 13.4. The minimum absolute atomic E-state index is 0.0182. The Hall–Kier alpha value is -3.29. The van der Waals surface area contributed by atoms with Crippen molar-refractivity contribution in [1.82, 2.24) is 0 Å². The van der Waals surface area contributed by atoms with Gasteiger partial charge in [0.1, 0.15) is 34.3 Å². The fraction of sp³-hybridized carbons (Fsp3) is 0.536. The van der Waals surface area contributed by atoms with Gasteiger partial charge in [-0.2, -0.15) is 0 Å². The largest absolute Gasteiger partial charge is 0.507 e. The van der Waals surface area contributed by atoms with Gasteiger partial charge in [-0.1, -0.05) is 27.7 Å². The number of aromatic hydroxyl groups is 2. The molecule has 2 aliphatic rings. The molecule has 0 aromatic heterocycles. The molecule has 3 rings (SSSR count). The van der Waals surface area contributed by atoms with Gasteiger partial charge in [-0.05, 0) is 46.3 Å². The number of carbonyl (C=O) groups excluding carboxylic acids is 5. The summed E-state index contributed by atoms with van der Waals surface area (Å²) in [6.45, 7) is 12.7. The first-order valence-electron chi connectivity index (χ1n) is 12.1. The van der Waals surface area contributed by atoms with Gasteiger partial charge < -0.3 is 14.9 Å². The van der Waals surface area contributed by atoms with Crippen LogP contribution in [0.4, 0.5) is 0 Å². The first kappa shape index (κ1) is 27.3. The minimum atomic E-state index is -1.61. The van der Waals surface area contributed by atoms with E-state index in [0.29, 0.717) is 0 Å². The second-order valence-corrected chi connectivity index (χ2v) is 11.4. The third-order valence-corrected chi connectivity index (χ3v) is 7.02. The van der Waals surface area contributed by atoms with E-state index in [0.717, 1.165) is 0 Å². The van der Waals surface area contributed by atoms with Gasteiger partial charge in [0.15, 0.2) is 28.9 Å². The van der Waals surface area contributed by atoms with Crippen LogP contribution in [0.3, 0.4) is 0 Å². The molecule has 1 saturated carbocycles. The smallest absolute Gasteiger partial charge is 0.172 e. The number of ether oxygens (including phenoxy) is 1. The lowest BCUT2D eigenvalue weighted by molar-refractivity contribution is -0.157. The third kappa shape index (κ3) is 4.27. The zero-order valence-electron chi connectivity index (χ0n) is 22.0. The summed E-state index contributed by atoms with van der Waals surface area (Å²) in [7, 11) is 0. The highest BCUT2D eigenvalue weighted by Gasteiger charge is 2.56. The molecule has 0 radical (unpaired) electrons. The minimum Gasteiger partial charge on any atom is -0.507 e. The first-order valence-corrected chi connectivity index (χ1v) is 12.1. The van der Waals surface area contributed by atoms with Crippen LogP contribution in [0.25, 0.3) is 6.08 Å². The van der Waals surface area contributed by atoms with Crippen molar-refractivity contribution in [3.8, 4) is 17.2 Å². The van der Waals surface area contributed by atoms with Crippen LogP contribution in [-0.4, -0.2) is 44.7 Å². The molecule has 0 amide bonds. The lowest BCUT2D eigenvalue weighted by Gasteiger charge is -2.36. The van der Waals surface area contributed by atoms with Gasteiger partial charge in [0.05, 0.1) is 16.9 Å². The van der Waals surface area contributed by atoms with E-state index in [4.69, 9.17) is 4.74 Å². The molecule has 1 aliphatic carbocycles. The molecule has 0 bridgehead atoms. The normalized spacial score (nSPS) is 22.6. The predicted molar refractivity (Wildman–Crippen MR) is 132 cm³/mol. The Balaban J connectivity index is 2.22. The summed E-state index contributed by atoms with van der Waals surface area (Å²) in [6.07, 6.45) is 2.77. The molecule has 1 aromatic rings. The third-order valence-electron chi connectivity index (χ3n) is 7.02. The summed E-state index contributed by atoms with van der Waals surface area (Å²) in [5.41, 5.74) is -2.61. The number of carbonyl (C=O) groups is 5. The number of hydrogen-bond donors (Lipinski definition) is 2. The van der Waals surface area contributed by atoms with Crippen molar-refractivity contribution >= 4 is 35.0 Å². The molecular weight excluding hydrogens is 464 g/mol. The molecule has 0 saturated heterocycles. The van der Waals surface area contributed by atoms with E-state index in [9.17, 15) is 34.2 Å². The lowest BCUT2D eigenvalue weighted by Crippen LogP contribution is -2.56. The van der Waals surface area contributed by atoms with Crippen molar-refractivity contribution in [2.75, 3.05) is 0 Å². The van der Waals surface area contributed by atoms with Gasteiger partial charge in [-0.3, -0.25) is 24.0 Å². The van der Waals surface area contributed by atoms with E-state index in [1.54, 1.807) is 53.7 Å². The molecule has 8 nitrogen and oxygen atoms in total. The van der Waals surface area contributed by atoms with Gasteiger partial charge in [-0.15, -0.1) is 0 Å². The predicted octanol–water partition coefficient (Wildman–Crippen LogP) is 3.87. The molecule has 1 aromatic carbocycles. The zero-order valence-corrected chi connectivity index (χ0v) is 22.0. The second kappa shape index (κ2) is 8.98. The van der Waals surface area contributed by atoms with Gasteiger partial charge in [-0.25, -0.2) is 0 Å². The molecule has 2 atom stereocenters. The summed E-state index contributed by atoms with van der Waals surface area (Å²) >= 11 is 0. The number of benzene rings is 1. The number of phenolic OH excluding ortho intramolecular Hbond substituents is 2. The van der Waals surface area contributed by atoms with Crippen LogP contribution in [0.1, 0.15) is 76.9 Å². The van der Waals surface area contributed by atoms with Crippen LogP contribution < -0.4 is 4.74 Å². The standard InChI is InChI=1S/C28H34O8/c1-12(2)19(29)17-22(32)15(21(31)14-9-10-27(5,6)36-24(14)17)11-16-23(33)18(20(30)13(3)4)26(35)28(7,8)25(16)34/h9-10,12-13,16,18,31-32H,11H2,1-8H3/t16-,18+/m0/s1. The summed E-state index contributed by atoms with van der Waals surface area (Å²) in [5.74, 6) is -8.55. The molecule has 1 fully saturated rings. The Kier molecular flexibility index (Phi) is 6.81. The molecule has 1 aliphatic heterocycles. The molecule has 1 heterocycles. The Morgan fingerprint density at radius 2 is 1.53 bits per heavy atom. The van der Waals surface area contributed by atoms with Crippen LogP contribution in [0.5, 0.6) is 17.2 Å². The SMILES string of the molecule is CC(C)C(=O)c1c(O)c(C[C@H]2C(=O)[C@@H](C(=O)C(C)C)C(=O)C(C)(C)C2=O)c(O)c2c1OC(C)(C)C=C2. The highest BCUT2D eigenvalue weighted by molar-refractivity contribution is 6.33. The van der Waals surface area contributed by atoms with Crippen molar-refractivity contribution in [2.45, 2.75) is 67.4 Å². The summed E-state index contributed by atoms with van der Waals surface area (Å²) in [5, 5.41) is 22.3. The highest BCUT2D eigenvalue weighted by Crippen LogP contribution is 2.49. The topological polar surface area (TPSA) is 135 Å². The summed E-state index contributed by atoms with van der Waals surface area (Å²) < 4.78 is 5.94. The maximum absolute atomic E-state index is 13.4. The number of Topliss-reactive ketones (excluding diaryl/α,β-unsaturated/α-hetero) is 5. The van der Waals surface area contributed by atoms with Gasteiger partial charge in [0.2, 0.25) is 0 Å². The Bertz CT molecular complexity index is 1210. The number of phenols is 2. The van der Waals surface area contributed by atoms with Crippen molar-refractivity contribution in [3.05, 3.63) is 22.8 Å². The van der Waals surface area contributed by atoms with Gasteiger partial charge in [0, 0.05) is 17.4 Å². The molecule has 0 spiro atoms. The maximum Gasteiger partial charge on any atom is 0.172 e. The van der Waals surface area contributed by atoms with Crippen LogP contribution in [0.2, 0.25) is 0 Å². The van der Waals surface area contributed by atoms with E-state index < -0.39 is 81.5 Å². The zero-order chi connectivity index (χ0) is 27.5. The molecule has 36 heavy (non-hydrogen) atoms.